The van der Waals surface area contributed by atoms with Crippen LogP contribution < -0.4 is 15.0 Å². The van der Waals surface area contributed by atoms with E-state index in [1.807, 2.05) is 0 Å². The van der Waals surface area contributed by atoms with Crippen molar-refractivity contribution in [1.82, 2.24) is 4.57 Å². The molecule has 6 nitrogen and oxygen atoms in total. The summed E-state index contributed by atoms with van der Waals surface area (Å²) in [4.78, 5) is 11.6. The summed E-state index contributed by atoms with van der Waals surface area (Å²) in [5.41, 5.74) is -0.356. The first-order valence-electron chi connectivity index (χ1n) is 8.15. The minimum Gasteiger partial charge on any atom is -0.454 e. The predicted octanol–water partition coefficient (Wildman–Crippen LogP) is 3.63. The summed E-state index contributed by atoms with van der Waals surface area (Å²) < 4.78 is 72.9. The van der Waals surface area contributed by atoms with E-state index in [4.69, 9.17) is 4.74 Å². The van der Waals surface area contributed by atoms with Gasteiger partial charge in [0.15, 0.2) is 17.4 Å². The van der Waals surface area contributed by atoms with Gasteiger partial charge < -0.3 is 9.30 Å². The second kappa shape index (κ2) is 7.63. The van der Waals surface area contributed by atoms with E-state index in [1.165, 1.54) is 31.4 Å². The zero-order chi connectivity index (χ0) is 21.3. The van der Waals surface area contributed by atoms with E-state index in [0.29, 0.717) is 6.07 Å². The van der Waals surface area contributed by atoms with E-state index in [0.717, 1.165) is 29.0 Å². The monoisotopic (exact) mass is 424 g/mol. The zero-order valence-corrected chi connectivity index (χ0v) is 16.1. The van der Waals surface area contributed by atoms with Crippen LogP contribution in [0.25, 0.3) is 11.1 Å². The Morgan fingerprint density at radius 1 is 0.966 bits per heavy atom. The van der Waals surface area contributed by atoms with Crippen LogP contribution >= 0.6 is 0 Å². The second-order valence-electron chi connectivity index (χ2n) is 6.25. The lowest BCUT2D eigenvalue weighted by atomic mass is 10.1. The van der Waals surface area contributed by atoms with Gasteiger partial charge >= 0.3 is 0 Å². The third-order valence-electron chi connectivity index (χ3n) is 3.85. The number of rotatable bonds is 5. The number of aromatic nitrogens is 1. The summed E-state index contributed by atoms with van der Waals surface area (Å²) in [6.45, 7) is 0. The number of hydrogen-bond donors (Lipinski definition) is 1. The minimum atomic E-state index is -3.60. The normalized spacial score (nSPS) is 11.3. The van der Waals surface area contributed by atoms with Crippen LogP contribution in [-0.4, -0.2) is 19.2 Å². The molecular formula is C19H15F3N2O4S. The van der Waals surface area contributed by atoms with Crippen LogP contribution in [-0.2, 0) is 17.1 Å². The molecule has 152 valence electrons. The molecule has 3 rings (SSSR count). The van der Waals surface area contributed by atoms with Gasteiger partial charge in [-0.1, -0.05) is 0 Å². The molecule has 10 heteroatoms. The van der Waals surface area contributed by atoms with E-state index in [9.17, 15) is 26.4 Å². The second-order valence-corrected chi connectivity index (χ2v) is 8.00. The van der Waals surface area contributed by atoms with Crippen LogP contribution in [0, 0.1) is 17.5 Å². The Hall–Kier alpha value is -3.27. The molecule has 1 N–H and O–H groups in total. The van der Waals surface area contributed by atoms with Crippen LogP contribution in [0.1, 0.15) is 0 Å². The summed E-state index contributed by atoms with van der Waals surface area (Å²) in [6, 6.07) is 7.73. The van der Waals surface area contributed by atoms with Gasteiger partial charge in [-0.2, -0.15) is 0 Å². The molecule has 3 aromatic rings. The van der Waals surface area contributed by atoms with Gasteiger partial charge in [-0.05, 0) is 36.4 Å². The Kier molecular flexibility index (Phi) is 5.38. The Balaban J connectivity index is 2.16. The highest BCUT2D eigenvalue weighted by atomic mass is 32.2. The summed E-state index contributed by atoms with van der Waals surface area (Å²) in [7, 11) is -2.26. The Labute approximate surface area is 164 Å². The van der Waals surface area contributed by atoms with Crippen molar-refractivity contribution in [3.05, 3.63) is 76.5 Å². The summed E-state index contributed by atoms with van der Waals surface area (Å²) in [5.74, 6) is -3.04. The van der Waals surface area contributed by atoms with Crippen LogP contribution in [0.3, 0.4) is 0 Å². The first kappa shape index (κ1) is 20.5. The average Bonchev–Trinajstić information content (AvgIpc) is 2.61. The zero-order valence-electron chi connectivity index (χ0n) is 15.2. The van der Waals surface area contributed by atoms with Gasteiger partial charge in [0.2, 0.25) is 10.0 Å². The van der Waals surface area contributed by atoms with Gasteiger partial charge in [0, 0.05) is 36.1 Å². The smallest absolute Gasteiger partial charge is 0.286 e. The average molecular weight is 424 g/mol. The maximum absolute atomic E-state index is 14.0. The number of pyridine rings is 1. The number of nitrogens with zero attached hydrogens (tertiary/aromatic N) is 1. The molecule has 0 bridgehead atoms. The Morgan fingerprint density at radius 3 is 2.28 bits per heavy atom. The maximum Gasteiger partial charge on any atom is 0.286 e. The minimum absolute atomic E-state index is 0.0348. The summed E-state index contributed by atoms with van der Waals surface area (Å²) in [6.07, 6.45) is 2.27. The quantitative estimate of drug-likeness (QED) is 0.679. The van der Waals surface area contributed by atoms with Crippen molar-refractivity contribution < 1.29 is 26.3 Å². The molecule has 0 aliphatic rings. The number of halogens is 3. The van der Waals surface area contributed by atoms with Crippen molar-refractivity contribution >= 4 is 15.7 Å². The van der Waals surface area contributed by atoms with E-state index < -0.39 is 33.0 Å². The van der Waals surface area contributed by atoms with E-state index in [-0.39, 0.29) is 28.3 Å². The summed E-state index contributed by atoms with van der Waals surface area (Å²) >= 11 is 0. The third kappa shape index (κ3) is 4.77. The van der Waals surface area contributed by atoms with Crippen LogP contribution in [0.2, 0.25) is 0 Å². The fourth-order valence-corrected chi connectivity index (χ4v) is 3.17. The van der Waals surface area contributed by atoms with E-state index >= 15 is 0 Å². The highest BCUT2D eigenvalue weighted by molar-refractivity contribution is 7.92. The molecule has 0 radical (unpaired) electrons. The van der Waals surface area contributed by atoms with Crippen molar-refractivity contribution in [2.75, 3.05) is 11.0 Å². The number of ether oxygens (including phenoxy) is 1. The highest BCUT2D eigenvalue weighted by Crippen LogP contribution is 2.36. The van der Waals surface area contributed by atoms with Crippen molar-refractivity contribution in [2.45, 2.75) is 0 Å². The van der Waals surface area contributed by atoms with Crippen molar-refractivity contribution in [1.29, 1.82) is 0 Å². The number of benzene rings is 2. The molecule has 2 aromatic carbocycles. The van der Waals surface area contributed by atoms with Gasteiger partial charge in [0.25, 0.3) is 5.56 Å². The van der Waals surface area contributed by atoms with Crippen LogP contribution in [0.4, 0.5) is 18.9 Å². The van der Waals surface area contributed by atoms with E-state index in [1.54, 1.807) is 0 Å². The molecule has 0 spiro atoms. The molecule has 1 aromatic heterocycles. The molecule has 0 aliphatic heterocycles. The molecule has 0 unspecified atom stereocenters. The standard InChI is InChI=1S/C19H15F3N2O4S/c1-24-10-11(7-16(22)19(24)25)14-9-13(23-29(2,26)27)4-6-17(14)28-18-5-3-12(20)8-15(18)21/h3-10,23H,1-2H3. The summed E-state index contributed by atoms with van der Waals surface area (Å²) in [5, 5.41) is 0. The molecule has 0 saturated carbocycles. The molecule has 0 amide bonds. The first-order chi connectivity index (χ1) is 13.5. The third-order valence-corrected chi connectivity index (χ3v) is 4.45. The lowest BCUT2D eigenvalue weighted by Crippen LogP contribution is -2.19. The van der Waals surface area contributed by atoms with Gasteiger partial charge in [-0.25, -0.2) is 21.6 Å². The number of aryl methyl sites for hydroxylation is 1. The van der Waals surface area contributed by atoms with Gasteiger partial charge in [0.1, 0.15) is 11.6 Å². The van der Waals surface area contributed by atoms with Crippen molar-refractivity contribution in [3.8, 4) is 22.6 Å². The van der Waals surface area contributed by atoms with Crippen molar-refractivity contribution in [3.63, 3.8) is 0 Å². The molecule has 29 heavy (non-hydrogen) atoms. The maximum atomic E-state index is 14.0. The first-order valence-corrected chi connectivity index (χ1v) is 10.0. The predicted molar refractivity (Wildman–Crippen MR) is 102 cm³/mol. The molecule has 0 saturated heterocycles. The number of anilines is 1. The SMILES string of the molecule is Cn1cc(-c2cc(NS(C)(=O)=O)ccc2Oc2ccc(F)cc2F)cc(F)c1=O. The van der Waals surface area contributed by atoms with Gasteiger partial charge in [0.05, 0.1) is 6.26 Å². The number of nitrogens with one attached hydrogen (secondary N) is 1. The lowest BCUT2D eigenvalue weighted by Gasteiger charge is -2.15. The topological polar surface area (TPSA) is 77.4 Å². The molecule has 1 heterocycles. The molecule has 0 aliphatic carbocycles. The Morgan fingerprint density at radius 2 is 1.66 bits per heavy atom. The highest BCUT2D eigenvalue weighted by Gasteiger charge is 2.15. The number of sulfonamides is 1. The van der Waals surface area contributed by atoms with Crippen LogP contribution in [0.5, 0.6) is 11.5 Å². The van der Waals surface area contributed by atoms with Gasteiger partial charge in [-0.3, -0.25) is 9.52 Å². The largest absolute Gasteiger partial charge is 0.454 e. The van der Waals surface area contributed by atoms with Crippen molar-refractivity contribution in [2.24, 2.45) is 7.05 Å². The molecular weight excluding hydrogens is 409 g/mol. The van der Waals surface area contributed by atoms with Crippen LogP contribution in [0.15, 0.2) is 53.5 Å². The lowest BCUT2D eigenvalue weighted by molar-refractivity contribution is 0.439. The molecule has 0 atom stereocenters. The molecule has 0 fully saturated rings. The fraction of sp³-hybridized carbons (Fsp3) is 0.105. The fourth-order valence-electron chi connectivity index (χ4n) is 2.62. The Bertz CT molecular complexity index is 1230. The van der Waals surface area contributed by atoms with Gasteiger partial charge in [-0.15, -0.1) is 0 Å². The number of hydrogen-bond acceptors (Lipinski definition) is 4. The van der Waals surface area contributed by atoms with E-state index in [2.05, 4.69) is 4.72 Å².